The van der Waals surface area contributed by atoms with Crippen LogP contribution in [0.25, 0.3) is 0 Å². The van der Waals surface area contributed by atoms with Crippen LogP contribution < -0.4 is 16.4 Å². The van der Waals surface area contributed by atoms with Crippen LogP contribution >= 0.6 is 0 Å². The van der Waals surface area contributed by atoms with Crippen molar-refractivity contribution in [3.05, 3.63) is 0 Å². The molecule has 1 saturated heterocycles. The number of primary amides is 1. The van der Waals surface area contributed by atoms with Crippen LogP contribution in [-0.4, -0.2) is 31.1 Å². The molecular formula is C9H17N3O. The Morgan fingerprint density at radius 1 is 1.15 bits per heavy atom. The van der Waals surface area contributed by atoms with Gasteiger partial charge in [0.05, 0.1) is 0 Å². The summed E-state index contributed by atoms with van der Waals surface area (Å²) in [6, 6.07) is 1.02. The molecule has 4 N–H and O–H groups in total. The van der Waals surface area contributed by atoms with Crippen LogP contribution in [0.4, 0.5) is 0 Å². The minimum Gasteiger partial charge on any atom is -0.369 e. The standard InChI is InChI=1S/C9H17N3O/c10-9(13)6-1-2-7-8(5-6)12-4-3-11-7/h6-8,11-12H,1-5H2,(H2,10,13). The molecule has 4 nitrogen and oxygen atoms in total. The molecule has 4 heteroatoms. The monoisotopic (exact) mass is 183 g/mol. The number of carbonyl (C=O) groups is 1. The maximum absolute atomic E-state index is 11.0. The quantitative estimate of drug-likeness (QED) is 0.498. The lowest BCUT2D eigenvalue weighted by Gasteiger charge is -2.39. The van der Waals surface area contributed by atoms with E-state index in [1.54, 1.807) is 0 Å². The second kappa shape index (κ2) is 3.64. The van der Waals surface area contributed by atoms with Crippen molar-refractivity contribution in [2.24, 2.45) is 11.7 Å². The van der Waals surface area contributed by atoms with E-state index >= 15 is 0 Å². The molecule has 0 aromatic rings. The summed E-state index contributed by atoms with van der Waals surface area (Å²) in [5, 5.41) is 6.90. The Hall–Kier alpha value is -0.610. The van der Waals surface area contributed by atoms with Crippen LogP contribution in [0.1, 0.15) is 19.3 Å². The zero-order valence-corrected chi connectivity index (χ0v) is 7.75. The molecule has 13 heavy (non-hydrogen) atoms. The second-order valence-corrected chi connectivity index (χ2v) is 4.03. The highest BCUT2D eigenvalue weighted by Crippen LogP contribution is 2.25. The molecule has 2 rings (SSSR count). The molecule has 1 heterocycles. The normalized spacial score (nSPS) is 39.5. The van der Waals surface area contributed by atoms with Crippen LogP contribution in [0.15, 0.2) is 0 Å². The highest BCUT2D eigenvalue weighted by Gasteiger charge is 2.33. The van der Waals surface area contributed by atoms with E-state index in [-0.39, 0.29) is 11.8 Å². The van der Waals surface area contributed by atoms with Gasteiger partial charge < -0.3 is 16.4 Å². The van der Waals surface area contributed by atoms with Gasteiger partial charge in [-0.2, -0.15) is 0 Å². The molecule has 3 unspecified atom stereocenters. The summed E-state index contributed by atoms with van der Waals surface area (Å²) in [6.07, 6.45) is 2.93. The van der Waals surface area contributed by atoms with Gasteiger partial charge in [-0.15, -0.1) is 0 Å². The Morgan fingerprint density at radius 3 is 2.54 bits per heavy atom. The van der Waals surface area contributed by atoms with Gasteiger partial charge >= 0.3 is 0 Å². The van der Waals surface area contributed by atoms with E-state index in [0.717, 1.165) is 32.4 Å². The molecule has 74 valence electrons. The molecule has 0 spiro atoms. The van der Waals surface area contributed by atoms with Crippen LogP contribution in [0.5, 0.6) is 0 Å². The van der Waals surface area contributed by atoms with E-state index in [0.29, 0.717) is 12.1 Å². The molecule has 1 amide bonds. The van der Waals surface area contributed by atoms with Gasteiger partial charge in [0.2, 0.25) is 5.91 Å². The first-order valence-electron chi connectivity index (χ1n) is 5.03. The third-order valence-corrected chi connectivity index (χ3v) is 3.19. The van der Waals surface area contributed by atoms with E-state index in [2.05, 4.69) is 10.6 Å². The molecule has 3 atom stereocenters. The van der Waals surface area contributed by atoms with Crippen molar-refractivity contribution in [2.45, 2.75) is 31.3 Å². The van der Waals surface area contributed by atoms with Crippen molar-refractivity contribution in [1.82, 2.24) is 10.6 Å². The number of nitrogens with one attached hydrogen (secondary N) is 2. The molecule has 1 aliphatic carbocycles. The SMILES string of the molecule is NC(=O)C1CCC2NCCNC2C1. The van der Waals surface area contributed by atoms with Crippen molar-refractivity contribution in [3.8, 4) is 0 Å². The summed E-state index contributed by atoms with van der Waals surface area (Å²) in [4.78, 5) is 11.0. The molecule has 2 aliphatic rings. The fourth-order valence-electron chi connectivity index (χ4n) is 2.41. The average molecular weight is 183 g/mol. The molecular weight excluding hydrogens is 166 g/mol. The van der Waals surface area contributed by atoms with E-state index in [1.165, 1.54) is 0 Å². The summed E-state index contributed by atoms with van der Waals surface area (Å²) in [6.45, 7) is 2.05. The third-order valence-electron chi connectivity index (χ3n) is 3.19. The van der Waals surface area contributed by atoms with Crippen molar-refractivity contribution >= 4 is 5.91 Å². The van der Waals surface area contributed by atoms with Crippen LogP contribution in [0.3, 0.4) is 0 Å². The Kier molecular flexibility index (Phi) is 2.51. The predicted octanol–water partition coefficient (Wildman–Crippen LogP) is -0.798. The third kappa shape index (κ3) is 1.84. The fraction of sp³-hybridized carbons (Fsp3) is 0.889. The maximum atomic E-state index is 11.0. The number of nitrogens with two attached hydrogens (primary N) is 1. The molecule has 0 aromatic carbocycles. The summed E-state index contributed by atoms with van der Waals surface area (Å²) in [5.41, 5.74) is 5.30. The Morgan fingerprint density at radius 2 is 1.85 bits per heavy atom. The number of amides is 1. The van der Waals surface area contributed by atoms with Crippen LogP contribution in [0.2, 0.25) is 0 Å². The van der Waals surface area contributed by atoms with Gasteiger partial charge in [-0.3, -0.25) is 4.79 Å². The lowest BCUT2D eigenvalue weighted by atomic mass is 9.81. The summed E-state index contributed by atoms with van der Waals surface area (Å²) < 4.78 is 0. The van der Waals surface area contributed by atoms with E-state index in [4.69, 9.17) is 5.73 Å². The molecule has 0 radical (unpaired) electrons. The van der Waals surface area contributed by atoms with Gasteiger partial charge in [0, 0.05) is 31.1 Å². The van der Waals surface area contributed by atoms with Gasteiger partial charge in [0.15, 0.2) is 0 Å². The van der Waals surface area contributed by atoms with Gasteiger partial charge in [-0.25, -0.2) is 0 Å². The number of rotatable bonds is 1. The molecule has 0 bridgehead atoms. The first kappa shape index (κ1) is 8.97. The highest BCUT2D eigenvalue weighted by molar-refractivity contribution is 5.76. The smallest absolute Gasteiger partial charge is 0.220 e. The van der Waals surface area contributed by atoms with E-state index in [9.17, 15) is 4.79 Å². The number of piperazine rings is 1. The summed E-state index contributed by atoms with van der Waals surface area (Å²) in [7, 11) is 0. The Balaban J connectivity index is 1.95. The van der Waals surface area contributed by atoms with Crippen molar-refractivity contribution in [2.75, 3.05) is 13.1 Å². The largest absolute Gasteiger partial charge is 0.369 e. The first-order chi connectivity index (χ1) is 6.27. The highest BCUT2D eigenvalue weighted by atomic mass is 16.1. The first-order valence-corrected chi connectivity index (χ1v) is 5.03. The lowest BCUT2D eigenvalue weighted by molar-refractivity contribution is -0.123. The van der Waals surface area contributed by atoms with E-state index < -0.39 is 0 Å². The van der Waals surface area contributed by atoms with Gasteiger partial charge in [0.1, 0.15) is 0 Å². The minimum atomic E-state index is -0.133. The van der Waals surface area contributed by atoms with Gasteiger partial charge in [0.25, 0.3) is 0 Å². The Labute approximate surface area is 78.2 Å². The topological polar surface area (TPSA) is 67.2 Å². The lowest BCUT2D eigenvalue weighted by Crippen LogP contribution is -2.59. The number of hydrogen-bond acceptors (Lipinski definition) is 3. The Bertz CT molecular complexity index is 207. The number of carbonyl (C=O) groups excluding carboxylic acids is 1. The average Bonchev–Trinajstić information content (AvgIpc) is 2.17. The molecule has 1 saturated carbocycles. The summed E-state index contributed by atoms with van der Waals surface area (Å²) in [5.74, 6) is -0.0422. The summed E-state index contributed by atoms with van der Waals surface area (Å²) >= 11 is 0. The predicted molar refractivity (Wildman–Crippen MR) is 50.1 cm³/mol. The zero-order valence-electron chi connectivity index (χ0n) is 7.75. The second-order valence-electron chi connectivity index (χ2n) is 4.03. The van der Waals surface area contributed by atoms with Gasteiger partial charge in [-0.05, 0) is 19.3 Å². The molecule has 1 aliphatic heterocycles. The van der Waals surface area contributed by atoms with E-state index in [1.807, 2.05) is 0 Å². The number of fused-ring (bicyclic) bond motifs is 1. The minimum absolute atomic E-state index is 0.0913. The molecule has 2 fully saturated rings. The fourth-order valence-corrected chi connectivity index (χ4v) is 2.41. The zero-order chi connectivity index (χ0) is 9.26. The van der Waals surface area contributed by atoms with Crippen molar-refractivity contribution in [3.63, 3.8) is 0 Å². The van der Waals surface area contributed by atoms with Crippen LogP contribution in [-0.2, 0) is 4.79 Å². The van der Waals surface area contributed by atoms with Crippen molar-refractivity contribution in [1.29, 1.82) is 0 Å². The number of hydrogen-bond donors (Lipinski definition) is 3. The maximum Gasteiger partial charge on any atom is 0.220 e. The van der Waals surface area contributed by atoms with Gasteiger partial charge in [-0.1, -0.05) is 0 Å². The van der Waals surface area contributed by atoms with Crippen LogP contribution in [0, 0.1) is 5.92 Å². The molecule has 0 aromatic heterocycles. The van der Waals surface area contributed by atoms with Crippen molar-refractivity contribution < 1.29 is 4.79 Å².